The molecule has 1 fully saturated rings. The number of aromatic nitrogens is 3. The summed E-state index contributed by atoms with van der Waals surface area (Å²) in [6.07, 6.45) is 2.31. The molecule has 1 unspecified atom stereocenters. The largest absolute Gasteiger partial charge is 0.502 e. The molecule has 4 heterocycles. The molecule has 1 spiro atoms. The van der Waals surface area contributed by atoms with Crippen LogP contribution in [0.5, 0.6) is 5.75 Å². The Kier molecular flexibility index (Phi) is 9.00. The van der Waals surface area contributed by atoms with Crippen molar-refractivity contribution in [2.75, 3.05) is 51.2 Å². The number of fused-ring (bicyclic) bond motifs is 1. The fourth-order valence-electron chi connectivity index (χ4n) is 5.42. The standard InChI is InChI=1S/C27H32F2N5O7PS/c1-4-40-42(38,41-5-2)12-6-10-34-27(9-11-39-16-27)32(3)26(37)22-24(36)23(35)19(15-33(22)34)25-31-30-21(43-25)13-17-7-8-18(28)14-20(17)29/h7-8,14-15,36H,4-6,9-13,16H2,1-3H3. The van der Waals surface area contributed by atoms with Crippen molar-refractivity contribution < 1.29 is 37.0 Å². The van der Waals surface area contributed by atoms with Gasteiger partial charge in [0.05, 0.1) is 38.2 Å². The van der Waals surface area contributed by atoms with Crippen LogP contribution in [0.1, 0.15) is 47.7 Å². The molecule has 16 heteroatoms. The van der Waals surface area contributed by atoms with Crippen LogP contribution in [0.15, 0.2) is 29.2 Å². The highest BCUT2D eigenvalue weighted by Gasteiger charge is 2.52. The number of hydrogen-bond acceptors (Lipinski definition) is 11. The summed E-state index contributed by atoms with van der Waals surface area (Å²) in [7, 11) is -1.78. The van der Waals surface area contributed by atoms with Crippen molar-refractivity contribution in [1.82, 2.24) is 19.8 Å². The summed E-state index contributed by atoms with van der Waals surface area (Å²) in [4.78, 5) is 28.4. The molecule has 1 N–H and O–H groups in total. The van der Waals surface area contributed by atoms with Gasteiger partial charge in [-0.25, -0.2) is 8.78 Å². The van der Waals surface area contributed by atoms with Crippen molar-refractivity contribution in [2.45, 2.75) is 38.8 Å². The number of benzene rings is 1. The van der Waals surface area contributed by atoms with Crippen molar-refractivity contribution >= 4 is 24.8 Å². The molecule has 2 aliphatic rings. The Hall–Kier alpha value is -3.23. The van der Waals surface area contributed by atoms with Crippen LogP contribution in [-0.2, 0) is 24.8 Å². The highest BCUT2D eigenvalue weighted by molar-refractivity contribution is 7.53. The predicted octanol–water partition coefficient (Wildman–Crippen LogP) is 3.74. The molecule has 3 aromatic rings. The van der Waals surface area contributed by atoms with Crippen molar-refractivity contribution in [2.24, 2.45) is 0 Å². The molecule has 43 heavy (non-hydrogen) atoms. The minimum Gasteiger partial charge on any atom is -0.502 e. The van der Waals surface area contributed by atoms with Crippen molar-refractivity contribution in [3.63, 3.8) is 0 Å². The van der Waals surface area contributed by atoms with Gasteiger partial charge in [0.2, 0.25) is 5.43 Å². The Morgan fingerprint density at radius 3 is 2.58 bits per heavy atom. The SMILES string of the molecule is CCOP(=O)(CCCN1n2cc(-c3nnc(Cc4ccc(F)cc4F)s3)c(=O)c(O)c2C(=O)N(C)C12CCOC2)OCC. The maximum absolute atomic E-state index is 14.2. The molecule has 12 nitrogen and oxygen atoms in total. The van der Waals surface area contributed by atoms with Crippen LogP contribution in [-0.4, -0.2) is 82.6 Å². The van der Waals surface area contributed by atoms with Crippen LogP contribution in [0.2, 0.25) is 0 Å². The highest BCUT2D eigenvalue weighted by Crippen LogP contribution is 2.48. The first kappa shape index (κ1) is 31.2. The lowest BCUT2D eigenvalue weighted by atomic mass is 10.0. The molecule has 0 saturated carbocycles. The predicted molar refractivity (Wildman–Crippen MR) is 154 cm³/mol. The topological polar surface area (TPSA) is 136 Å². The van der Waals surface area contributed by atoms with Crippen molar-refractivity contribution in [3.8, 4) is 16.3 Å². The van der Waals surface area contributed by atoms with Crippen molar-refractivity contribution in [3.05, 3.63) is 62.5 Å². The lowest BCUT2D eigenvalue weighted by Crippen LogP contribution is -2.70. The normalized spacial score (nSPS) is 18.6. The van der Waals surface area contributed by atoms with Crippen LogP contribution in [0.3, 0.4) is 0 Å². The van der Waals surface area contributed by atoms with Gasteiger partial charge in [0.25, 0.3) is 5.91 Å². The summed E-state index contributed by atoms with van der Waals surface area (Å²) in [5.74, 6) is -2.76. The van der Waals surface area contributed by atoms with Gasteiger partial charge in [0, 0.05) is 38.7 Å². The number of carbonyl (C=O) groups is 1. The van der Waals surface area contributed by atoms with E-state index >= 15 is 0 Å². The zero-order chi connectivity index (χ0) is 30.9. The van der Waals surface area contributed by atoms with Crippen LogP contribution in [0.25, 0.3) is 10.6 Å². The second-order valence-electron chi connectivity index (χ2n) is 10.1. The van der Waals surface area contributed by atoms with E-state index in [1.165, 1.54) is 21.8 Å². The molecule has 0 radical (unpaired) electrons. The number of rotatable bonds is 11. The number of hydrogen-bond donors (Lipinski definition) is 1. The van der Waals surface area contributed by atoms with Gasteiger partial charge >= 0.3 is 7.60 Å². The zero-order valence-corrected chi connectivity index (χ0v) is 25.6. The third-order valence-corrected chi connectivity index (χ3v) is 10.6. The zero-order valence-electron chi connectivity index (χ0n) is 23.9. The molecule has 1 atom stereocenters. The first-order valence-corrected chi connectivity index (χ1v) is 16.3. The van der Waals surface area contributed by atoms with E-state index in [0.29, 0.717) is 24.5 Å². The lowest BCUT2D eigenvalue weighted by molar-refractivity contribution is 0.0302. The Labute approximate surface area is 250 Å². The Balaban J connectivity index is 1.53. The van der Waals surface area contributed by atoms with Gasteiger partial charge in [0.1, 0.15) is 16.6 Å². The van der Waals surface area contributed by atoms with E-state index in [0.717, 1.165) is 23.5 Å². The average molecular weight is 640 g/mol. The summed E-state index contributed by atoms with van der Waals surface area (Å²) < 4.78 is 58.7. The Morgan fingerprint density at radius 2 is 1.93 bits per heavy atom. The summed E-state index contributed by atoms with van der Waals surface area (Å²) in [5.41, 5.74) is -1.82. The summed E-state index contributed by atoms with van der Waals surface area (Å²) >= 11 is 1.01. The molecule has 1 saturated heterocycles. The van der Waals surface area contributed by atoms with Crippen LogP contribution < -0.4 is 10.4 Å². The first-order chi connectivity index (χ1) is 20.5. The molecule has 5 rings (SSSR count). The fraction of sp³-hybridized carbons (Fsp3) is 0.481. The van der Waals surface area contributed by atoms with E-state index in [9.17, 15) is 28.0 Å². The molecule has 0 bridgehead atoms. The Morgan fingerprint density at radius 1 is 1.19 bits per heavy atom. The van der Waals surface area contributed by atoms with Gasteiger partial charge in [-0.2, -0.15) is 0 Å². The van der Waals surface area contributed by atoms with Gasteiger partial charge < -0.3 is 23.8 Å². The van der Waals surface area contributed by atoms with E-state index in [4.69, 9.17) is 13.8 Å². The summed E-state index contributed by atoms with van der Waals surface area (Å²) in [5, 5.41) is 21.6. The minimum absolute atomic E-state index is 0.0115. The highest BCUT2D eigenvalue weighted by atomic mass is 32.1. The number of aromatic hydroxyl groups is 1. The third kappa shape index (κ3) is 5.84. The van der Waals surface area contributed by atoms with Gasteiger partial charge in [-0.3, -0.25) is 23.8 Å². The number of halogens is 2. The maximum atomic E-state index is 14.2. The lowest BCUT2D eigenvalue weighted by Gasteiger charge is -2.52. The number of nitrogens with zero attached hydrogens (tertiary/aromatic N) is 5. The Bertz CT molecular complexity index is 1620. The molecule has 1 aromatic carbocycles. The van der Waals surface area contributed by atoms with E-state index in [1.54, 1.807) is 20.9 Å². The van der Waals surface area contributed by atoms with Crippen molar-refractivity contribution in [1.29, 1.82) is 0 Å². The molecule has 232 valence electrons. The first-order valence-electron chi connectivity index (χ1n) is 13.8. The van der Waals surface area contributed by atoms with Gasteiger partial charge in [-0.15, -0.1) is 10.2 Å². The maximum Gasteiger partial charge on any atom is 0.330 e. The van der Waals surface area contributed by atoms with Gasteiger partial charge in [-0.1, -0.05) is 17.4 Å². The summed E-state index contributed by atoms with van der Waals surface area (Å²) in [6, 6.07) is 3.23. The van der Waals surface area contributed by atoms with Crippen LogP contribution in [0, 0.1) is 11.6 Å². The monoisotopic (exact) mass is 639 g/mol. The molecule has 1 amide bonds. The number of carbonyl (C=O) groups excluding carboxylic acids is 1. The van der Waals surface area contributed by atoms with Gasteiger partial charge in [-0.05, 0) is 31.9 Å². The second kappa shape index (κ2) is 12.4. The quantitative estimate of drug-likeness (QED) is 0.309. The minimum atomic E-state index is -3.36. The number of ether oxygens (including phenoxy) is 1. The molecular formula is C27H32F2N5O7PS. The number of pyridine rings is 1. The molecule has 0 aliphatic carbocycles. The molecule has 2 aromatic heterocycles. The molecular weight excluding hydrogens is 607 g/mol. The van der Waals surface area contributed by atoms with E-state index < -0.39 is 42.0 Å². The second-order valence-corrected chi connectivity index (χ2v) is 13.4. The van der Waals surface area contributed by atoms with Crippen LogP contribution >= 0.6 is 18.9 Å². The van der Waals surface area contributed by atoms with Gasteiger partial charge in [0.15, 0.2) is 22.1 Å². The number of likely N-dealkylation sites (N-methyl/N-ethyl adjacent to an activating group) is 1. The van der Waals surface area contributed by atoms with E-state index in [-0.39, 0.29) is 60.8 Å². The van der Waals surface area contributed by atoms with E-state index in [2.05, 4.69) is 10.2 Å². The van der Waals surface area contributed by atoms with Crippen LogP contribution in [0.4, 0.5) is 8.78 Å². The third-order valence-electron chi connectivity index (χ3n) is 7.52. The fourth-order valence-corrected chi connectivity index (χ4v) is 7.93. The summed E-state index contributed by atoms with van der Waals surface area (Å²) in [6.45, 7) is 4.67. The smallest absolute Gasteiger partial charge is 0.330 e. The average Bonchev–Trinajstić information content (AvgIpc) is 3.64. The number of amides is 1. The molecule has 2 aliphatic heterocycles. The van der Waals surface area contributed by atoms with E-state index in [1.807, 2.05) is 5.01 Å².